The number of nitrogens with zero attached hydrogens (tertiary/aromatic N) is 2. The Balaban J connectivity index is 1.72. The van der Waals surface area contributed by atoms with Gasteiger partial charge in [0, 0.05) is 18.4 Å². The molecule has 0 aliphatic heterocycles. The lowest BCUT2D eigenvalue weighted by molar-refractivity contribution is 0.370. The van der Waals surface area contributed by atoms with Crippen molar-refractivity contribution in [3.8, 4) is 0 Å². The number of hydrogen-bond donors (Lipinski definition) is 1. The molecular weight excluding hydrogens is 276 g/mol. The Morgan fingerprint density at radius 1 is 1.38 bits per heavy atom. The highest BCUT2D eigenvalue weighted by atomic mass is 19.1. The van der Waals surface area contributed by atoms with Crippen LogP contribution in [0.2, 0.25) is 0 Å². The molecule has 6 heteroatoms. The van der Waals surface area contributed by atoms with Crippen LogP contribution < -0.4 is 5.32 Å². The van der Waals surface area contributed by atoms with E-state index in [1.54, 1.807) is 0 Å². The van der Waals surface area contributed by atoms with Crippen LogP contribution in [-0.2, 0) is 6.42 Å². The molecule has 112 valence electrons. The zero-order valence-electron chi connectivity index (χ0n) is 11.9. The van der Waals surface area contributed by atoms with E-state index in [0.717, 1.165) is 12.1 Å². The molecule has 21 heavy (non-hydrogen) atoms. The molecule has 1 aromatic carbocycles. The number of nitrogens with one attached hydrogen (secondary N) is 1. The molecule has 0 saturated heterocycles. The first-order valence-corrected chi connectivity index (χ1v) is 7.03. The Morgan fingerprint density at radius 2 is 2.19 bits per heavy atom. The van der Waals surface area contributed by atoms with E-state index in [1.165, 1.54) is 6.07 Å². The molecule has 1 fully saturated rings. The van der Waals surface area contributed by atoms with Gasteiger partial charge in [0.15, 0.2) is 5.82 Å². The average molecular weight is 293 g/mol. The fraction of sp³-hybridized carbons (Fsp3) is 0.467. The fourth-order valence-corrected chi connectivity index (χ4v) is 2.49. The Kier molecular flexibility index (Phi) is 3.71. The van der Waals surface area contributed by atoms with Gasteiger partial charge in [0.1, 0.15) is 11.6 Å². The Hall–Kier alpha value is -1.82. The van der Waals surface area contributed by atoms with Crippen LogP contribution in [0.4, 0.5) is 8.78 Å². The van der Waals surface area contributed by atoms with Crippen molar-refractivity contribution in [3.05, 3.63) is 47.1 Å². The van der Waals surface area contributed by atoms with E-state index in [-0.39, 0.29) is 23.7 Å². The zero-order chi connectivity index (χ0) is 15.0. The molecular formula is C15H17F2N3O. The van der Waals surface area contributed by atoms with Gasteiger partial charge >= 0.3 is 0 Å². The molecule has 3 unspecified atom stereocenters. The molecule has 1 heterocycles. The molecule has 3 atom stereocenters. The summed E-state index contributed by atoms with van der Waals surface area (Å²) in [4.78, 5) is 4.35. The first kappa shape index (κ1) is 14.1. The molecule has 3 rings (SSSR count). The zero-order valence-corrected chi connectivity index (χ0v) is 11.9. The van der Waals surface area contributed by atoms with Crippen LogP contribution in [0.1, 0.15) is 42.5 Å². The molecule has 0 spiro atoms. The molecule has 0 amide bonds. The second-order valence-corrected chi connectivity index (χ2v) is 5.56. The summed E-state index contributed by atoms with van der Waals surface area (Å²) in [7, 11) is 1.87. The summed E-state index contributed by atoms with van der Waals surface area (Å²) in [6, 6.07) is 3.79. The molecule has 2 aromatic rings. The summed E-state index contributed by atoms with van der Waals surface area (Å²) >= 11 is 0. The summed E-state index contributed by atoms with van der Waals surface area (Å²) in [5.41, 5.74) is 0.392. The summed E-state index contributed by atoms with van der Waals surface area (Å²) in [6.07, 6.45) is 1.38. The average Bonchev–Trinajstić information content (AvgIpc) is 3.13. The van der Waals surface area contributed by atoms with E-state index in [4.69, 9.17) is 4.52 Å². The maximum Gasteiger partial charge on any atom is 0.230 e. The maximum atomic E-state index is 13.7. The second-order valence-electron chi connectivity index (χ2n) is 5.56. The highest BCUT2D eigenvalue weighted by Crippen LogP contribution is 2.54. The van der Waals surface area contributed by atoms with E-state index < -0.39 is 5.82 Å². The molecule has 1 aromatic heterocycles. The molecule has 0 bridgehead atoms. The molecule has 0 radical (unpaired) electrons. The summed E-state index contributed by atoms with van der Waals surface area (Å²) in [5, 5.41) is 7.04. The standard InChI is InChI=1S/C15H17F2N3O/c1-8(18-2)5-14-19-15(21-20-14)12-7-10(12)11-6-9(16)3-4-13(11)17/h3-4,6,8,10,12,18H,5,7H2,1-2H3. The predicted octanol–water partition coefficient (Wildman–Crippen LogP) is 2.77. The first-order valence-electron chi connectivity index (χ1n) is 7.03. The van der Waals surface area contributed by atoms with Crippen LogP contribution in [0.15, 0.2) is 22.7 Å². The van der Waals surface area contributed by atoms with Gasteiger partial charge in [-0.1, -0.05) is 5.16 Å². The van der Waals surface area contributed by atoms with Gasteiger partial charge in [0.25, 0.3) is 0 Å². The van der Waals surface area contributed by atoms with Crippen molar-refractivity contribution in [1.29, 1.82) is 0 Å². The van der Waals surface area contributed by atoms with Crippen LogP contribution in [0.5, 0.6) is 0 Å². The normalized spacial score (nSPS) is 22.3. The number of rotatable bonds is 5. The lowest BCUT2D eigenvalue weighted by Gasteiger charge is -2.04. The first-order chi connectivity index (χ1) is 10.1. The van der Waals surface area contributed by atoms with Gasteiger partial charge in [-0.3, -0.25) is 0 Å². The van der Waals surface area contributed by atoms with Crippen molar-refractivity contribution in [2.45, 2.75) is 37.6 Å². The predicted molar refractivity (Wildman–Crippen MR) is 73.0 cm³/mol. The third kappa shape index (κ3) is 2.95. The van der Waals surface area contributed by atoms with Gasteiger partial charge in [-0.2, -0.15) is 4.98 Å². The highest BCUT2D eigenvalue weighted by Gasteiger charge is 2.45. The van der Waals surface area contributed by atoms with Crippen LogP contribution in [-0.4, -0.2) is 23.2 Å². The van der Waals surface area contributed by atoms with E-state index in [1.807, 2.05) is 14.0 Å². The van der Waals surface area contributed by atoms with Gasteiger partial charge < -0.3 is 9.84 Å². The summed E-state index contributed by atoms with van der Waals surface area (Å²) < 4.78 is 32.2. The van der Waals surface area contributed by atoms with Crippen molar-refractivity contribution < 1.29 is 13.3 Å². The van der Waals surface area contributed by atoms with Crippen molar-refractivity contribution in [1.82, 2.24) is 15.5 Å². The molecule has 1 saturated carbocycles. The molecule has 1 aliphatic carbocycles. The van der Waals surface area contributed by atoms with Crippen LogP contribution in [0.3, 0.4) is 0 Å². The topological polar surface area (TPSA) is 51.0 Å². The van der Waals surface area contributed by atoms with Crippen LogP contribution >= 0.6 is 0 Å². The molecule has 1 aliphatic rings. The SMILES string of the molecule is CNC(C)Cc1noc(C2CC2c2cc(F)ccc2F)n1. The van der Waals surface area contributed by atoms with E-state index in [9.17, 15) is 8.78 Å². The number of halogens is 2. The number of hydrogen-bond acceptors (Lipinski definition) is 4. The lowest BCUT2D eigenvalue weighted by atomic mass is 10.1. The molecule has 4 nitrogen and oxygen atoms in total. The third-order valence-electron chi connectivity index (χ3n) is 3.93. The number of aromatic nitrogens is 2. The Morgan fingerprint density at radius 3 is 2.95 bits per heavy atom. The third-order valence-corrected chi connectivity index (χ3v) is 3.93. The van der Waals surface area contributed by atoms with Crippen molar-refractivity contribution >= 4 is 0 Å². The quantitative estimate of drug-likeness (QED) is 0.921. The Labute approximate surface area is 121 Å². The fourth-order valence-electron chi connectivity index (χ4n) is 2.49. The monoisotopic (exact) mass is 293 g/mol. The minimum absolute atomic E-state index is 0.00700. The lowest BCUT2D eigenvalue weighted by Crippen LogP contribution is -2.24. The van der Waals surface area contributed by atoms with Crippen LogP contribution in [0.25, 0.3) is 0 Å². The van der Waals surface area contributed by atoms with Gasteiger partial charge in [-0.05, 0) is 50.1 Å². The summed E-state index contributed by atoms with van der Waals surface area (Å²) in [5.74, 6) is 0.265. The largest absolute Gasteiger partial charge is 0.339 e. The van der Waals surface area contributed by atoms with Crippen molar-refractivity contribution in [2.75, 3.05) is 7.05 Å². The van der Waals surface area contributed by atoms with Gasteiger partial charge in [-0.15, -0.1) is 0 Å². The minimum Gasteiger partial charge on any atom is -0.339 e. The minimum atomic E-state index is -0.425. The highest BCUT2D eigenvalue weighted by molar-refractivity contribution is 5.32. The van der Waals surface area contributed by atoms with Crippen molar-refractivity contribution in [3.63, 3.8) is 0 Å². The molecule has 1 N–H and O–H groups in total. The van der Waals surface area contributed by atoms with Gasteiger partial charge in [-0.25, -0.2) is 8.78 Å². The summed E-state index contributed by atoms with van der Waals surface area (Å²) in [6.45, 7) is 2.03. The second kappa shape index (κ2) is 5.52. The van der Waals surface area contributed by atoms with E-state index in [0.29, 0.717) is 30.1 Å². The Bertz CT molecular complexity index is 644. The van der Waals surface area contributed by atoms with E-state index >= 15 is 0 Å². The van der Waals surface area contributed by atoms with Crippen LogP contribution in [0, 0.1) is 11.6 Å². The van der Waals surface area contributed by atoms with Gasteiger partial charge in [0.2, 0.25) is 5.89 Å². The van der Waals surface area contributed by atoms with E-state index in [2.05, 4.69) is 15.5 Å². The maximum absolute atomic E-state index is 13.7. The van der Waals surface area contributed by atoms with Crippen molar-refractivity contribution in [2.24, 2.45) is 0 Å². The number of likely N-dealkylation sites (N-methyl/N-ethyl adjacent to an activating group) is 1. The smallest absolute Gasteiger partial charge is 0.230 e. The van der Waals surface area contributed by atoms with Gasteiger partial charge in [0.05, 0.1) is 0 Å². The number of benzene rings is 1.